The van der Waals surface area contributed by atoms with Crippen LogP contribution in [-0.4, -0.2) is 44.1 Å². The van der Waals surface area contributed by atoms with Crippen molar-refractivity contribution in [3.63, 3.8) is 0 Å². The van der Waals surface area contributed by atoms with Gasteiger partial charge in [-0.05, 0) is 55.2 Å². The van der Waals surface area contributed by atoms with Crippen molar-refractivity contribution in [3.8, 4) is 5.75 Å². The van der Waals surface area contributed by atoms with Crippen molar-refractivity contribution in [2.75, 3.05) is 32.7 Å². The molecule has 2 aromatic rings. The molecular formula is C23H25ClN2O4. The maximum atomic E-state index is 13.2. The summed E-state index contributed by atoms with van der Waals surface area (Å²) >= 11 is 6.14. The van der Waals surface area contributed by atoms with Crippen LogP contribution in [-0.2, 0) is 14.3 Å². The number of benzene rings is 2. The number of methoxy groups -OCH3 is 2. The van der Waals surface area contributed by atoms with E-state index < -0.39 is 0 Å². The number of rotatable bonds is 8. The molecule has 2 aromatic carbocycles. The van der Waals surface area contributed by atoms with Crippen LogP contribution in [0.4, 0.5) is 5.69 Å². The molecule has 0 unspecified atom stereocenters. The Balaban J connectivity index is 2.08. The number of nitrogens with zero attached hydrogens (tertiary/aromatic N) is 1. The molecule has 0 saturated heterocycles. The average Bonchev–Trinajstić information content (AvgIpc) is 2.95. The van der Waals surface area contributed by atoms with Gasteiger partial charge in [-0.3, -0.25) is 14.5 Å². The van der Waals surface area contributed by atoms with Gasteiger partial charge in [0.15, 0.2) is 0 Å². The summed E-state index contributed by atoms with van der Waals surface area (Å²) in [7, 11) is 3.12. The number of aryl methyl sites for hydroxylation is 2. The molecule has 1 heterocycles. The zero-order valence-corrected chi connectivity index (χ0v) is 18.3. The minimum atomic E-state index is -0.383. The first-order valence-corrected chi connectivity index (χ1v) is 10.0. The van der Waals surface area contributed by atoms with Crippen LogP contribution in [0.25, 0.3) is 5.57 Å². The molecule has 0 aliphatic carbocycles. The molecule has 6 nitrogen and oxygen atoms in total. The van der Waals surface area contributed by atoms with Crippen LogP contribution >= 0.6 is 11.6 Å². The van der Waals surface area contributed by atoms with Gasteiger partial charge in [0.25, 0.3) is 11.8 Å². The van der Waals surface area contributed by atoms with E-state index in [2.05, 4.69) is 5.32 Å². The van der Waals surface area contributed by atoms with E-state index >= 15 is 0 Å². The summed E-state index contributed by atoms with van der Waals surface area (Å²) in [5.74, 6) is -0.196. The first-order valence-electron chi connectivity index (χ1n) is 9.65. The van der Waals surface area contributed by atoms with Crippen LogP contribution in [0.3, 0.4) is 0 Å². The molecule has 0 spiro atoms. The Hall–Kier alpha value is -2.83. The number of anilines is 1. The van der Waals surface area contributed by atoms with Gasteiger partial charge in [0.1, 0.15) is 11.4 Å². The predicted octanol–water partition coefficient (Wildman–Crippen LogP) is 4.19. The van der Waals surface area contributed by atoms with Gasteiger partial charge in [-0.1, -0.05) is 29.8 Å². The molecule has 0 aromatic heterocycles. The van der Waals surface area contributed by atoms with E-state index in [1.54, 1.807) is 25.3 Å². The molecule has 0 radical (unpaired) electrons. The first kappa shape index (κ1) is 21.9. The summed E-state index contributed by atoms with van der Waals surface area (Å²) in [5.41, 5.74) is 3.90. The minimum absolute atomic E-state index is 0.209. The van der Waals surface area contributed by atoms with Gasteiger partial charge in [0.2, 0.25) is 0 Å². The molecule has 1 aliphatic rings. The minimum Gasteiger partial charge on any atom is -0.495 e. The third kappa shape index (κ3) is 4.35. The number of halogens is 1. The van der Waals surface area contributed by atoms with Crippen LogP contribution in [0.15, 0.2) is 42.1 Å². The fraction of sp³-hybridized carbons (Fsp3) is 0.304. The average molecular weight is 429 g/mol. The number of nitrogens with one attached hydrogen (secondary N) is 1. The smallest absolute Gasteiger partial charge is 0.278 e. The second-order valence-electron chi connectivity index (χ2n) is 7.13. The number of amides is 2. The highest BCUT2D eigenvalue weighted by Gasteiger charge is 2.39. The monoisotopic (exact) mass is 428 g/mol. The SMILES string of the molecule is COCCCN1C(=O)C(Nc2cc(Cl)ccc2OC)=C(c2ccc(C)c(C)c2)C1=O. The number of hydrogen-bond donors (Lipinski definition) is 1. The van der Waals surface area contributed by atoms with Gasteiger partial charge in [-0.25, -0.2) is 0 Å². The fourth-order valence-electron chi connectivity index (χ4n) is 3.34. The highest BCUT2D eigenvalue weighted by atomic mass is 35.5. The molecule has 1 N–H and O–H groups in total. The Labute approximate surface area is 181 Å². The Morgan fingerprint density at radius 2 is 1.77 bits per heavy atom. The molecule has 30 heavy (non-hydrogen) atoms. The predicted molar refractivity (Wildman–Crippen MR) is 118 cm³/mol. The number of ether oxygens (including phenoxy) is 2. The molecule has 7 heteroatoms. The van der Waals surface area contributed by atoms with Crippen molar-refractivity contribution in [2.45, 2.75) is 20.3 Å². The standard InChI is InChI=1S/C23H25ClN2O4/c1-14-6-7-16(12-15(14)2)20-21(23(28)26(22(20)27)10-5-11-29-3)25-18-13-17(24)8-9-19(18)30-4/h6-9,12-13,25H,5,10-11H2,1-4H3. The Morgan fingerprint density at radius 3 is 2.43 bits per heavy atom. The van der Waals surface area contributed by atoms with Crippen LogP contribution in [0.5, 0.6) is 5.75 Å². The van der Waals surface area contributed by atoms with E-state index in [1.165, 1.54) is 12.0 Å². The summed E-state index contributed by atoms with van der Waals surface area (Å²) in [6, 6.07) is 10.8. The quantitative estimate of drug-likeness (QED) is 0.504. The third-order valence-electron chi connectivity index (χ3n) is 5.11. The van der Waals surface area contributed by atoms with Crippen molar-refractivity contribution >= 4 is 34.7 Å². The Morgan fingerprint density at radius 1 is 1.00 bits per heavy atom. The molecular weight excluding hydrogens is 404 g/mol. The summed E-state index contributed by atoms with van der Waals surface area (Å²) in [5, 5.41) is 3.60. The summed E-state index contributed by atoms with van der Waals surface area (Å²) in [6.45, 7) is 4.71. The van der Waals surface area contributed by atoms with Gasteiger partial charge in [-0.15, -0.1) is 0 Å². The van der Waals surface area contributed by atoms with Crippen LogP contribution in [0, 0.1) is 13.8 Å². The summed E-state index contributed by atoms with van der Waals surface area (Å²) < 4.78 is 10.5. The van der Waals surface area contributed by atoms with Crippen molar-refractivity contribution in [3.05, 3.63) is 63.8 Å². The van der Waals surface area contributed by atoms with E-state index in [0.717, 1.165) is 11.1 Å². The summed E-state index contributed by atoms with van der Waals surface area (Å²) in [6.07, 6.45) is 0.557. The Bertz CT molecular complexity index is 1020. The van der Waals surface area contributed by atoms with Gasteiger partial charge in [-0.2, -0.15) is 0 Å². The number of carbonyl (C=O) groups excluding carboxylic acids is 2. The highest BCUT2D eigenvalue weighted by Crippen LogP contribution is 2.35. The molecule has 3 rings (SSSR count). The summed E-state index contributed by atoms with van der Waals surface area (Å²) in [4.78, 5) is 27.7. The maximum absolute atomic E-state index is 13.2. The van der Waals surface area contributed by atoms with Crippen molar-refractivity contribution < 1.29 is 19.1 Å². The van der Waals surface area contributed by atoms with E-state index in [0.29, 0.717) is 40.6 Å². The first-order chi connectivity index (χ1) is 14.4. The van der Waals surface area contributed by atoms with E-state index in [9.17, 15) is 9.59 Å². The maximum Gasteiger partial charge on any atom is 0.278 e. The third-order valence-corrected chi connectivity index (χ3v) is 5.35. The normalized spacial score (nSPS) is 14.0. The fourth-order valence-corrected chi connectivity index (χ4v) is 3.51. The van der Waals surface area contributed by atoms with Gasteiger partial charge >= 0.3 is 0 Å². The highest BCUT2D eigenvalue weighted by molar-refractivity contribution is 6.36. The van der Waals surface area contributed by atoms with Crippen molar-refractivity contribution in [1.29, 1.82) is 0 Å². The zero-order chi connectivity index (χ0) is 21.8. The van der Waals surface area contributed by atoms with E-state index in [4.69, 9.17) is 21.1 Å². The second kappa shape index (κ2) is 9.32. The molecule has 0 fully saturated rings. The largest absolute Gasteiger partial charge is 0.495 e. The van der Waals surface area contributed by atoms with Gasteiger partial charge in [0, 0.05) is 25.3 Å². The lowest BCUT2D eigenvalue weighted by Crippen LogP contribution is -2.33. The lowest BCUT2D eigenvalue weighted by atomic mass is 9.99. The van der Waals surface area contributed by atoms with Crippen molar-refractivity contribution in [2.24, 2.45) is 0 Å². The van der Waals surface area contributed by atoms with E-state index in [1.807, 2.05) is 32.0 Å². The lowest BCUT2D eigenvalue weighted by molar-refractivity contribution is -0.136. The molecule has 0 bridgehead atoms. The molecule has 2 amide bonds. The van der Waals surface area contributed by atoms with E-state index in [-0.39, 0.29) is 24.1 Å². The molecule has 1 aliphatic heterocycles. The van der Waals surface area contributed by atoms with Crippen LogP contribution < -0.4 is 10.1 Å². The molecule has 0 atom stereocenters. The topological polar surface area (TPSA) is 67.9 Å². The van der Waals surface area contributed by atoms with Crippen molar-refractivity contribution in [1.82, 2.24) is 4.90 Å². The van der Waals surface area contributed by atoms with Gasteiger partial charge < -0.3 is 14.8 Å². The Kier molecular flexibility index (Phi) is 6.80. The molecule has 158 valence electrons. The second-order valence-corrected chi connectivity index (χ2v) is 7.56. The van der Waals surface area contributed by atoms with Gasteiger partial charge in [0.05, 0.1) is 18.4 Å². The van der Waals surface area contributed by atoms with Crippen LogP contribution in [0.1, 0.15) is 23.1 Å². The molecule has 0 saturated carbocycles. The number of imide groups is 1. The number of hydrogen-bond acceptors (Lipinski definition) is 5. The number of carbonyl (C=O) groups is 2. The van der Waals surface area contributed by atoms with Crippen LogP contribution in [0.2, 0.25) is 5.02 Å². The zero-order valence-electron chi connectivity index (χ0n) is 17.5. The lowest BCUT2D eigenvalue weighted by Gasteiger charge is -2.15.